The molecule has 0 saturated carbocycles. The molecule has 2 rings (SSSR count). The second kappa shape index (κ2) is 6.79. The van der Waals surface area contributed by atoms with Crippen molar-refractivity contribution in [2.75, 3.05) is 6.54 Å². The first-order valence-electron chi connectivity index (χ1n) is 6.73. The maximum absolute atomic E-state index is 12.4. The Morgan fingerprint density at radius 3 is 2.65 bits per heavy atom. The number of amides is 1. The van der Waals surface area contributed by atoms with Gasteiger partial charge in [0.05, 0.1) is 0 Å². The average molecular weight is 273 g/mol. The van der Waals surface area contributed by atoms with Gasteiger partial charge in [-0.1, -0.05) is 44.2 Å². The molecule has 20 heavy (non-hydrogen) atoms. The molecule has 1 N–H and O–H groups in total. The minimum atomic E-state index is -0.529. The maximum Gasteiger partial charge on any atom is 0.249 e. The Labute approximate surface area is 118 Å². The number of nitrogens with zero attached hydrogens (tertiary/aromatic N) is 4. The van der Waals surface area contributed by atoms with Gasteiger partial charge in [0.1, 0.15) is 6.33 Å². The second-order valence-electron chi connectivity index (χ2n) is 5.08. The van der Waals surface area contributed by atoms with Gasteiger partial charge in [-0.3, -0.25) is 4.79 Å². The van der Waals surface area contributed by atoms with Crippen LogP contribution in [0.1, 0.15) is 31.9 Å². The van der Waals surface area contributed by atoms with Gasteiger partial charge >= 0.3 is 0 Å². The fourth-order valence-electron chi connectivity index (χ4n) is 1.93. The molecular formula is C14H19N5O. The van der Waals surface area contributed by atoms with Gasteiger partial charge in [0.2, 0.25) is 5.91 Å². The molecule has 2 aromatic rings. The normalized spacial score (nSPS) is 12.3. The van der Waals surface area contributed by atoms with E-state index in [-0.39, 0.29) is 5.91 Å². The van der Waals surface area contributed by atoms with Crippen LogP contribution in [0, 0.1) is 5.92 Å². The van der Waals surface area contributed by atoms with E-state index in [1.807, 2.05) is 30.3 Å². The Balaban J connectivity index is 2.13. The summed E-state index contributed by atoms with van der Waals surface area (Å²) in [5.41, 5.74) is 0.863. The van der Waals surface area contributed by atoms with Crippen LogP contribution in [-0.4, -0.2) is 32.7 Å². The van der Waals surface area contributed by atoms with Crippen molar-refractivity contribution in [3.8, 4) is 0 Å². The summed E-state index contributed by atoms with van der Waals surface area (Å²) in [4.78, 5) is 12.4. The molecule has 0 aliphatic heterocycles. The van der Waals surface area contributed by atoms with Gasteiger partial charge in [0.25, 0.3) is 0 Å². The van der Waals surface area contributed by atoms with Gasteiger partial charge < -0.3 is 5.32 Å². The largest absolute Gasteiger partial charge is 0.354 e. The predicted molar refractivity (Wildman–Crippen MR) is 74.9 cm³/mol. The van der Waals surface area contributed by atoms with Crippen molar-refractivity contribution in [2.45, 2.75) is 26.3 Å². The zero-order valence-corrected chi connectivity index (χ0v) is 11.7. The molecule has 6 heteroatoms. The smallest absolute Gasteiger partial charge is 0.249 e. The topological polar surface area (TPSA) is 72.7 Å². The summed E-state index contributed by atoms with van der Waals surface area (Å²) in [7, 11) is 0. The first kappa shape index (κ1) is 14.2. The van der Waals surface area contributed by atoms with Crippen molar-refractivity contribution in [3.63, 3.8) is 0 Å². The molecule has 106 valence electrons. The number of nitrogens with one attached hydrogen (secondary N) is 1. The zero-order chi connectivity index (χ0) is 14.4. The number of carbonyl (C=O) groups is 1. The summed E-state index contributed by atoms with van der Waals surface area (Å²) in [5.74, 6) is 0.461. The minimum absolute atomic E-state index is 0.0934. The van der Waals surface area contributed by atoms with Crippen LogP contribution >= 0.6 is 0 Å². The van der Waals surface area contributed by atoms with Crippen molar-refractivity contribution in [1.82, 2.24) is 25.5 Å². The van der Waals surface area contributed by atoms with Gasteiger partial charge in [0.15, 0.2) is 6.04 Å². The molecule has 1 aromatic heterocycles. The van der Waals surface area contributed by atoms with Gasteiger partial charge in [-0.15, -0.1) is 5.10 Å². The van der Waals surface area contributed by atoms with Crippen LogP contribution in [0.5, 0.6) is 0 Å². The molecule has 0 unspecified atom stereocenters. The summed E-state index contributed by atoms with van der Waals surface area (Å²) >= 11 is 0. The molecule has 6 nitrogen and oxygen atoms in total. The van der Waals surface area contributed by atoms with E-state index < -0.39 is 6.04 Å². The molecule has 0 fully saturated rings. The number of hydrogen-bond donors (Lipinski definition) is 1. The molecule has 1 heterocycles. The number of carbonyl (C=O) groups excluding carboxylic acids is 1. The van der Waals surface area contributed by atoms with Gasteiger partial charge in [0, 0.05) is 6.54 Å². The van der Waals surface area contributed by atoms with E-state index in [1.54, 1.807) is 0 Å². The fraction of sp³-hybridized carbons (Fsp3) is 0.429. The van der Waals surface area contributed by atoms with Crippen LogP contribution in [0.15, 0.2) is 36.7 Å². The van der Waals surface area contributed by atoms with Crippen LogP contribution in [0.2, 0.25) is 0 Å². The van der Waals surface area contributed by atoms with Gasteiger partial charge in [-0.05, 0) is 28.3 Å². The van der Waals surface area contributed by atoms with E-state index in [1.165, 1.54) is 11.0 Å². The third-order valence-electron chi connectivity index (χ3n) is 3.01. The highest BCUT2D eigenvalue weighted by Gasteiger charge is 2.23. The van der Waals surface area contributed by atoms with Crippen LogP contribution in [-0.2, 0) is 4.79 Å². The van der Waals surface area contributed by atoms with Crippen molar-refractivity contribution >= 4 is 5.91 Å². The lowest BCUT2D eigenvalue weighted by Gasteiger charge is -2.17. The van der Waals surface area contributed by atoms with E-state index in [4.69, 9.17) is 0 Å². The van der Waals surface area contributed by atoms with Crippen LogP contribution in [0.4, 0.5) is 0 Å². The zero-order valence-electron chi connectivity index (χ0n) is 11.7. The Hall–Kier alpha value is -2.24. The number of benzene rings is 1. The molecule has 0 aliphatic carbocycles. The second-order valence-corrected chi connectivity index (χ2v) is 5.08. The molecule has 0 aliphatic rings. The number of rotatable bonds is 6. The third-order valence-corrected chi connectivity index (χ3v) is 3.01. The average Bonchev–Trinajstić information content (AvgIpc) is 2.93. The monoisotopic (exact) mass is 273 g/mol. The lowest BCUT2D eigenvalue weighted by atomic mass is 10.1. The molecule has 0 radical (unpaired) electrons. The first-order valence-corrected chi connectivity index (χ1v) is 6.73. The predicted octanol–water partition coefficient (Wildman–Crippen LogP) is 1.42. The van der Waals surface area contributed by atoms with E-state index in [0.29, 0.717) is 12.5 Å². The van der Waals surface area contributed by atoms with Crippen LogP contribution in [0.25, 0.3) is 0 Å². The standard InChI is InChI=1S/C14H19N5O/c1-11(2)8-9-15-14(20)13(19-10-16-17-18-19)12-6-4-3-5-7-12/h3-7,10-11,13H,8-9H2,1-2H3,(H,15,20)/t13-/m1/s1. The molecule has 1 amide bonds. The summed E-state index contributed by atoms with van der Waals surface area (Å²) in [6, 6.07) is 8.97. The minimum Gasteiger partial charge on any atom is -0.354 e. The molecule has 1 atom stereocenters. The Kier molecular flexibility index (Phi) is 4.81. The molecule has 1 aromatic carbocycles. The summed E-state index contributed by atoms with van der Waals surface area (Å²) < 4.78 is 1.47. The quantitative estimate of drug-likeness (QED) is 0.864. The highest BCUT2D eigenvalue weighted by Crippen LogP contribution is 2.16. The Morgan fingerprint density at radius 2 is 2.05 bits per heavy atom. The number of tetrazole rings is 1. The van der Waals surface area contributed by atoms with E-state index in [9.17, 15) is 4.79 Å². The molecule has 0 bridgehead atoms. The number of hydrogen-bond acceptors (Lipinski definition) is 4. The van der Waals surface area contributed by atoms with Crippen molar-refractivity contribution in [1.29, 1.82) is 0 Å². The fourth-order valence-corrected chi connectivity index (χ4v) is 1.93. The lowest BCUT2D eigenvalue weighted by molar-refractivity contribution is -0.123. The molecular weight excluding hydrogens is 254 g/mol. The van der Waals surface area contributed by atoms with E-state index in [0.717, 1.165) is 12.0 Å². The summed E-state index contributed by atoms with van der Waals surface area (Å²) in [5, 5.41) is 14.0. The summed E-state index contributed by atoms with van der Waals surface area (Å²) in [6.45, 7) is 4.91. The van der Waals surface area contributed by atoms with Gasteiger partial charge in [-0.25, -0.2) is 4.68 Å². The number of aromatic nitrogens is 4. The highest BCUT2D eigenvalue weighted by atomic mass is 16.2. The molecule has 0 spiro atoms. The van der Waals surface area contributed by atoms with E-state index in [2.05, 4.69) is 34.7 Å². The Bertz CT molecular complexity index is 524. The maximum atomic E-state index is 12.4. The SMILES string of the molecule is CC(C)CCNC(=O)[C@@H](c1ccccc1)n1cnnn1. The van der Waals surface area contributed by atoms with Crippen LogP contribution < -0.4 is 5.32 Å². The third kappa shape index (κ3) is 3.63. The molecule has 0 saturated heterocycles. The van der Waals surface area contributed by atoms with Crippen molar-refractivity contribution < 1.29 is 4.79 Å². The van der Waals surface area contributed by atoms with Crippen molar-refractivity contribution in [2.24, 2.45) is 5.92 Å². The first-order chi connectivity index (χ1) is 9.68. The lowest BCUT2D eigenvalue weighted by Crippen LogP contribution is -2.34. The summed E-state index contributed by atoms with van der Waals surface area (Å²) in [6.07, 6.45) is 2.41. The van der Waals surface area contributed by atoms with Crippen LogP contribution in [0.3, 0.4) is 0 Å². The van der Waals surface area contributed by atoms with Gasteiger partial charge in [-0.2, -0.15) is 0 Å². The Morgan fingerprint density at radius 1 is 1.30 bits per heavy atom. The van der Waals surface area contributed by atoms with E-state index >= 15 is 0 Å². The highest BCUT2D eigenvalue weighted by molar-refractivity contribution is 5.83. The van der Waals surface area contributed by atoms with Crippen molar-refractivity contribution in [3.05, 3.63) is 42.2 Å².